The zero-order valence-corrected chi connectivity index (χ0v) is 8.66. The summed E-state index contributed by atoms with van der Waals surface area (Å²) < 4.78 is 33.9. The van der Waals surface area contributed by atoms with E-state index in [4.69, 9.17) is 11.0 Å². The molecule has 0 amide bonds. The van der Waals surface area contributed by atoms with Crippen molar-refractivity contribution in [1.82, 2.24) is 0 Å². The summed E-state index contributed by atoms with van der Waals surface area (Å²) in [7, 11) is -4.43. The van der Waals surface area contributed by atoms with Gasteiger partial charge in [0.15, 0.2) is 0 Å². The van der Waals surface area contributed by atoms with Crippen molar-refractivity contribution in [3.05, 3.63) is 0 Å². The molecule has 5 heteroatoms. The van der Waals surface area contributed by atoms with Gasteiger partial charge in [0.25, 0.3) is 0 Å². The molecule has 1 N–H and O–H groups in total. The van der Waals surface area contributed by atoms with Crippen LogP contribution in [-0.4, -0.2) is 19.1 Å². The minimum absolute atomic E-state index is 0.0516. The molecule has 0 bridgehead atoms. The van der Waals surface area contributed by atoms with Crippen molar-refractivity contribution >= 4 is 10.4 Å². The maximum Gasteiger partial charge on any atom is 0.398 e. The molecule has 1 atom stereocenters. The van der Waals surface area contributed by atoms with Gasteiger partial charge in [0.2, 0.25) is 0 Å². The van der Waals surface area contributed by atoms with E-state index in [0.29, 0.717) is 0 Å². The molecule has 0 saturated heterocycles. The molecule has 0 radical (unpaired) electrons. The van der Waals surface area contributed by atoms with E-state index in [-0.39, 0.29) is 5.92 Å². The van der Waals surface area contributed by atoms with Gasteiger partial charge in [-0.15, -0.1) is 6.42 Å². The monoisotopic (exact) mass is 218 g/mol. The molecule has 0 spiro atoms. The lowest BCUT2D eigenvalue weighted by atomic mass is 9.85. The highest BCUT2D eigenvalue weighted by atomic mass is 32.3. The van der Waals surface area contributed by atoms with Crippen LogP contribution in [0.1, 0.15) is 32.1 Å². The van der Waals surface area contributed by atoms with Crippen molar-refractivity contribution < 1.29 is 17.2 Å². The average Bonchev–Trinajstić information content (AvgIpc) is 2.14. The Bertz CT molecular complexity index is 308. The first-order chi connectivity index (χ1) is 6.53. The summed E-state index contributed by atoms with van der Waals surface area (Å²) in [5, 5.41) is 0. The van der Waals surface area contributed by atoms with Gasteiger partial charge in [-0.25, -0.2) is 4.18 Å². The van der Waals surface area contributed by atoms with E-state index in [1.165, 1.54) is 0 Å². The molecule has 0 aromatic rings. The molecule has 4 nitrogen and oxygen atoms in total. The summed E-state index contributed by atoms with van der Waals surface area (Å²) in [6, 6.07) is 0. The normalized spacial score (nSPS) is 21.4. The first-order valence-electron chi connectivity index (χ1n) is 4.65. The summed E-state index contributed by atoms with van der Waals surface area (Å²) in [5.41, 5.74) is 0. The molecule has 1 aliphatic carbocycles. The summed E-state index contributed by atoms with van der Waals surface area (Å²) in [4.78, 5) is 0. The zero-order chi connectivity index (χ0) is 10.6. The molecule has 0 aliphatic heterocycles. The Hall–Kier alpha value is -0.570. The maximum atomic E-state index is 10.5. The molecule has 14 heavy (non-hydrogen) atoms. The van der Waals surface area contributed by atoms with Gasteiger partial charge in [-0.2, -0.15) is 8.42 Å². The van der Waals surface area contributed by atoms with Crippen LogP contribution in [0.5, 0.6) is 0 Å². The number of terminal acetylenes is 1. The third-order valence-corrected chi connectivity index (χ3v) is 2.92. The highest BCUT2D eigenvalue weighted by Gasteiger charge is 2.26. The second-order valence-electron chi connectivity index (χ2n) is 3.51. The molecule has 1 unspecified atom stereocenters. The highest BCUT2D eigenvalue weighted by Crippen LogP contribution is 2.28. The van der Waals surface area contributed by atoms with Crippen LogP contribution >= 0.6 is 0 Å². The Balaban J connectivity index is 2.58. The van der Waals surface area contributed by atoms with E-state index in [0.717, 1.165) is 32.1 Å². The Morgan fingerprint density at radius 3 is 2.36 bits per heavy atom. The fourth-order valence-corrected chi connectivity index (χ4v) is 2.29. The molecule has 0 aromatic heterocycles. The van der Waals surface area contributed by atoms with Crippen LogP contribution in [-0.2, 0) is 14.6 Å². The lowest BCUT2D eigenvalue weighted by Gasteiger charge is -2.25. The molecular weight excluding hydrogens is 204 g/mol. The van der Waals surface area contributed by atoms with E-state index < -0.39 is 16.5 Å². The molecular formula is C9H14O4S. The Morgan fingerprint density at radius 1 is 1.36 bits per heavy atom. The van der Waals surface area contributed by atoms with E-state index in [2.05, 4.69) is 10.1 Å². The lowest BCUT2D eigenvalue weighted by Crippen LogP contribution is -2.27. The topological polar surface area (TPSA) is 63.6 Å². The maximum absolute atomic E-state index is 10.5. The van der Waals surface area contributed by atoms with Gasteiger partial charge >= 0.3 is 10.4 Å². The van der Waals surface area contributed by atoms with E-state index in [1.807, 2.05) is 0 Å². The van der Waals surface area contributed by atoms with Gasteiger partial charge in [0.05, 0.1) is 0 Å². The average molecular weight is 218 g/mol. The van der Waals surface area contributed by atoms with Crippen molar-refractivity contribution in [2.75, 3.05) is 0 Å². The first-order valence-corrected chi connectivity index (χ1v) is 6.01. The summed E-state index contributed by atoms with van der Waals surface area (Å²) >= 11 is 0. The second-order valence-corrected chi connectivity index (χ2v) is 4.56. The van der Waals surface area contributed by atoms with Crippen molar-refractivity contribution in [2.24, 2.45) is 5.92 Å². The van der Waals surface area contributed by atoms with E-state index in [1.54, 1.807) is 0 Å². The number of hydrogen-bond donors (Lipinski definition) is 1. The fraction of sp³-hybridized carbons (Fsp3) is 0.778. The quantitative estimate of drug-likeness (QED) is 0.574. The molecule has 1 rings (SSSR count). The minimum Gasteiger partial charge on any atom is -0.263 e. The van der Waals surface area contributed by atoms with Crippen LogP contribution in [0.4, 0.5) is 0 Å². The van der Waals surface area contributed by atoms with Crippen LogP contribution in [0, 0.1) is 18.3 Å². The van der Waals surface area contributed by atoms with Crippen LogP contribution in [0.15, 0.2) is 0 Å². The standard InChI is InChI=1S/C9H14O4S/c1-2-9(13-14(10,11)12)8-6-4-3-5-7-8/h1,8-9H,3-7H2,(H,10,11,12). The van der Waals surface area contributed by atoms with Gasteiger partial charge in [0.1, 0.15) is 6.10 Å². The molecule has 1 aliphatic rings. The lowest BCUT2D eigenvalue weighted by molar-refractivity contribution is 0.143. The molecule has 0 heterocycles. The molecule has 80 valence electrons. The van der Waals surface area contributed by atoms with E-state index in [9.17, 15) is 8.42 Å². The largest absolute Gasteiger partial charge is 0.398 e. The first kappa shape index (κ1) is 11.5. The van der Waals surface area contributed by atoms with Crippen LogP contribution in [0.2, 0.25) is 0 Å². The van der Waals surface area contributed by atoms with Crippen LogP contribution in [0.3, 0.4) is 0 Å². The number of rotatable bonds is 3. The zero-order valence-electron chi connectivity index (χ0n) is 7.85. The van der Waals surface area contributed by atoms with Crippen LogP contribution < -0.4 is 0 Å². The molecule has 1 saturated carbocycles. The fourth-order valence-electron chi connectivity index (χ4n) is 1.81. The minimum atomic E-state index is -4.43. The molecule has 1 fully saturated rings. The highest BCUT2D eigenvalue weighted by molar-refractivity contribution is 7.80. The smallest absolute Gasteiger partial charge is 0.263 e. The van der Waals surface area contributed by atoms with Gasteiger partial charge in [0, 0.05) is 0 Å². The summed E-state index contributed by atoms with van der Waals surface area (Å²) in [6.45, 7) is 0. The van der Waals surface area contributed by atoms with Crippen molar-refractivity contribution in [3.8, 4) is 12.3 Å². The van der Waals surface area contributed by atoms with Gasteiger partial charge in [-0.1, -0.05) is 25.2 Å². The Labute approximate surface area is 84.6 Å². The van der Waals surface area contributed by atoms with E-state index >= 15 is 0 Å². The van der Waals surface area contributed by atoms with Gasteiger partial charge < -0.3 is 0 Å². The number of hydrogen-bond acceptors (Lipinski definition) is 3. The predicted octanol–water partition coefficient (Wildman–Crippen LogP) is 1.39. The third kappa shape index (κ3) is 3.66. The van der Waals surface area contributed by atoms with Crippen molar-refractivity contribution in [3.63, 3.8) is 0 Å². The Morgan fingerprint density at radius 2 is 1.93 bits per heavy atom. The summed E-state index contributed by atoms with van der Waals surface area (Å²) in [6.07, 6.45) is 9.31. The Kier molecular flexibility index (Phi) is 3.93. The van der Waals surface area contributed by atoms with Gasteiger partial charge in [-0.3, -0.25) is 4.55 Å². The van der Waals surface area contributed by atoms with Crippen molar-refractivity contribution in [1.29, 1.82) is 0 Å². The van der Waals surface area contributed by atoms with Gasteiger partial charge in [-0.05, 0) is 18.8 Å². The van der Waals surface area contributed by atoms with Crippen molar-refractivity contribution in [2.45, 2.75) is 38.2 Å². The third-order valence-electron chi connectivity index (χ3n) is 2.47. The second kappa shape index (κ2) is 4.78. The van der Waals surface area contributed by atoms with Crippen LogP contribution in [0.25, 0.3) is 0 Å². The molecule has 0 aromatic carbocycles. The predicted molar refractivity (Wildman–Crippen MR) is 51.8 cm³/mol. The SMILES string of the molecule is C#CC(OS(=O)(=O)O)C1CCCCC1. The summed E-state index contributed by atoms with van der Waals surface area (Å²) in [5.74, 6) is 2.32.